The van der Waals surface area contributed by atoms with Crippen LogP contribution in [0.5, 0.6) is 0 Å². The maximum Gasteiger partial charge on any atom is 0.356 e. The molecule has 0 aromatic rings. The fourth-order valence-corrected chi connectivity index (χ4v) is 0.750. The average molecular weight is 295 g/mol. The van der Waals surface area contributed by atoms with Crippen LogP contribution in [0.1, 0.15) is 0 Å². The molecule has 0 radical (unpaired) electrons. The lowest BCUT2D eigenvalue weighted by Gasteiger charge is -2.24. The molecule has 10 heteroatoms. The second kappa shape index (κ2) is 4.79. The summed E-state index contributed by atoms with van der Waals surface area (Å²) in [6, 6.07) is 0. The Kier molecular flexibility index (Phi) is 4.64. The molecule has 0 aromatic heterocycles. The van der Waals surface area contributed by atoms with Crippen molar-refractivity contribution in [1.82, 2.24) is 0 Å². The first kappa shape index (κ1) is 15.5. The maximum absolute atomic E-state index is 12.6. The van der Waals surface area contributed by atoms with E-state index in [-0.39, 0.29) is 0 Å². The van der Waals surface area contributed by atoms with Crippen LogP contribution in [0.4, 0.5) is 35.1 Å². The number of allylic oxidation sites excluding steroid dienone is 2. The van der Waals surface area contributed by atoms with Gasteiger partial charge < -0.3 is 0 Å². The Hall–Kier alpha value is -0.500. The highest BCUT2D eigenvalue weighted by Crippen LogP contribution is 2.49. The summed E-state index contributed by atoms with van der Waals surface area (Å²) >= 11 is 8.43. The summed E-state index contributed by atoms with van der Waals surface area (Å²) in [6.45, 7) is 0. The van der Waals surface area contributed by atoms with Gasteiger partial charge in [-0.05, 0) is 0 Å². The first-order chi connectivity index (χ1) is 6.96. The Balaban J connectivity index is 5.66. The van der Waals surface area contributed by atoms with Crippen LogP contribution in [0, 0.1) is 0 Å². The first-order valence-corrected chi connectivity index (χ1v) is 3.90. The van der Waals surface area contributed by atoms with Crippen molar-refractivity contribution < 1.29 is 35.1 Å². The van der Waals surface area contributed by atoms with Crippen LogP contribution in [0.3, 0.4) is 0 Å². The summed E-state index contributed by atoms with van der Waals surface area (Å²) in [5, 5.41) is -5.70. The predicted octanol–water partition coefficient (Wildman–Crippen LogP) is 4.95. The second-order valence-electron chi connectivity index (χ2n) is 2.30. The van der Waals surface area contributed by atoms with Crippen molar-refractivity contribution in [3.63, 3.8) is 0 Å². The molecule has 0 atom stereocenters. The van der Waals surface area contributed by atoms with E-state index in [0.717, 1.165) is 0 Å². The van der Waals surface area contributed by atoms with Gasteiger partial charge in [0.1, 0.15) is 0 Å². The molecular formula is C6Cl2F8. The van der Waals surface area contributed by atoms with Crippen molar-refractivity contribution >= 4 is 23.2 Å². The number of hydrogen-bond acceptors (Lipinski definition) is 0. The molecule has 0 spiro atoms. The molecule has 0 heterocycles. The summed E-state index contributed by atoms with van der Waals surface area (Å²) in [7, 11) is 0. The maximum atomic E-state index is 12.6. The molecule has 0 aromatic carbocycles. The van der Waals surface area contributed by atoms with Crippen LogP contribution in [-0.4, -0.2) is 11.8 Å². The van der Waals surface area contributed by atoms with E-state index in [9.17, 15) is 35.1 Å². The fourth-order valence-electron chi connectivity index (χ4n) is 0.513. The highest BCUT2D eigenvalue weighted by molar-refractivity contribution is 6.32. The molecule has 0 fully saturated rings. The Morgan fingerprint density at radius 2 is 0.812 bits per heavy atom. The Labute approximate surface area is 93.1 Å². The molecule has 0 amide bonds. The Bertz CT molecular complexity index is 302. The highest BCUT2D eigenvalue weighted by atomic mass is 35.5. The third kappa shape index (κ3) is 2.60. The number of hydrogen-bond donors (Lipinski definition) is 0. The molecule has 0 saturated heterocycles. The molecule has 94 valence electrons. The zero-order valence-electron chi connectivity index (χ0n) is 6.78. The highest BCUT2D eigenvalue weighted by Gasteiger charge is 2.63. The van der Waals surface area contributed by atoms with Gasteiger partial charge in [-0.1, -0.05) is 23.2 Å². The average Bonchev–Trinajstić information content (AvgIpc) is 2.14. The zero-order valence-corrected chi connectivity index (χ0v) is 8.29. The van der Waals surface area contributed by atoms with Gasteiger partial charge in [-0.15, -0.1) is 0 Å². The van der Waals surface area contributed by atoms with Crippen LogP contribution >= 0.6 is 23.2 Å². The molecule has 0 aliphatic rings. The minimum absolute atomic E-state index is 2.85. The van der Waals surface area contributed by atoms with Gasteiger partial charge >= 0.3 is 11.8 Å². The van der Waals surface area contributed by atoms with Gasteiger partial charge in [0.15, 0.2) is 10.1 Å². The molecule has 0 saturated carbocycles. The van der Waals surface area contributed by atoms with Crippen molar-refractivity contribution in [2.75, 3.05) is 0 Å². The van der Waals surface area contributed by atoms with E-state index < -0.39 is 34.1 Å². The lowest BCUT2D eigenvalue weighted by Crippen LogP contribution is -2.41. The normalized spacial score (nSPS) is 12.4. The fraction of sp³-hybridized carbons (Fsp3) is 0.333. The van der Waals surface area contributed by atoms with Crippen LogP contribution in [-0.2, 0) is 0 Å². The molecular weight excluding hydrogens is 295 g/mol. The largest absolute Gasteiger partial charge is 0.356 e. The first-order valence-electron chi connectivity index (χ1n) is 3.14. The van der Waals surface area contributed by atoms with Crippen molar-refractivity contribution in [2.45, 2.75) is 11.8 Å². The number of alkyl halides is 4. The van der Waals surface area contributed by atoms with E-state index in [4.69, 9.17) is 0 Å². The zero-order chi connectivity index (χ0) is 13.3. The van der Waals surface area contributed by atoms with Crippen LogP contribution in [0.2, 0.25) is 0 Å². The van der Waals surface area contributed by atoms with Crippen LogP contribution < -0.4 is 0 Å². The molecule has 0 unspecified atom stereocenters. The second-order valence-corrected chi connectivity index (χ2v) is 3.05. The molecule has 0 aliphatic heterocycles. The topological polar surface area (TPSA) is 0 Å². The van der Waals surface area contributed by atoms with Gasteiger partial charge in [-0.2, -0.15) is 35.1 Å². The molecule has 0 rings (SSSR count). The van der Waals surface area contributed by atoms with E-state index in [2.05, 4.69) is 23.2 Å². The summed E-state index contributed by atoms with van der Waals surface area (Å²) < 4.78 is 96.8. The third-order valence-corrected chi connectivity index (χ3v) is 2.04. The Morgan fingerprint density at radius 1 is 0.625 bits per heavy atom. The van der Waals surface area contributed by atoms with Gasteiger partial charge in [0.25, 0.3) is 12.2 Å². The van der Waals surface area contributed by atoms with Crippen molar-refractivity contribution in [3.05, 3.63) is 22.2 Å². The van der Waals surface area contributed by atoms with E-state index >= 15 is 0 Å². The predicted molar refractivity (Wildman–Crippen MR) is 40.1 cm³/mol. The lowest BCUT2D eigenvalue weighted by atomic mass is 10.1. The molecule has 0 aliphatic carbocycles. The van der Waals surface area contributed by atoms with Crippen molar-refractivity contribution in [2.24, 2.45) is 0 Å². The molecule has 0 N–H and O–H groups in total. The minimum Gasteiger partial charge on any atom is -0.193 e. The van der Waals surface area contributed by atoms with Crippen molar-refractivity contribution in [1.29, 1.82) is 0 Å². The van der Waals surface area contributed by atoms with Crippen molar-refractivity contribution in [3.8, 4) is 0 Å². The van der Waals surface area contributed by atoms with Crippen LogP contribution in [0.25, 0.3) is 0 Å². The van der Waals surface area contributed by atoms with Gasteiger partial charge in [-0.25, -0.2) is 0 Å². The van der Waals surface area contributed by atoms with Gasteiger partial charge in [0, 0.05) is 0 Å². The minimum atomic E-state index is -5.73. The lowest BCUT2D eigenvalue weighted by molar-refractivity contribution is -0.156. The summed E-state index contributed by atoms with van der Waals surface area (Å²) in [6.07, 6.45) is -6.65. The van der Waals surface area contributed by atoms with E-state index in [0.29, 0.717) is 0 Å². The van der Waals surface area contributed by atoms with Gasteiger partial charge in [-0.3, -0.25) is 0 Å². The SMILES string of the molecule is FC(F)=C(Cl)C(F)(F)C(F)(F)C(Cl)=C(F)F. The summed E-state index contributed by atoms with van der Waals surface area (Å²) in [5.74, 6) is -11.5. The quantitative estimate of drug-likeness (QED) is 0.646. The van der Waals surface area contributed by atoms with E-state index in [1.54, 1.807) is 0 Å². The molecule has 16 heavy (non-hydrogen) atoms. The standard InChI is InChI=1S/C6Cl2F8/c7-1(3(9)10)5(13,14)6(15,16)2(8)4(11)12. The van der Waals surface area contributed by atoms with Gasteiger partial charge in [0.05, 0.1) is 0 Å². The number of halogens is 10. The number of rotatable bonds is 3. The summed E-state index contributed by atoms with van der Waals surface area (Å²) in [5.41, 5.74) is 0. The van der Waals surface area contributed by atoms with Gasteiger partial charge in [0.2, 0.25) is 0 Å². The monoisotopic (exact) mass is 294 g/mol. The third-order valence-electron chi connectivity index (χ3n) is 1.28. The summed E-state index contributed by atoms with van der Waals surface area (Å²) in [4.78, 5) is 0. The Morgan fingerprint density at radius 3 is 0.938 bits per heavy atom. The van der Waals surface area contributed by atoms with Crippen LogP contribution in [0.15, 0.2) is 22.2 Å². The van der Waals surface area contributed by atoms with E-state index in [1.165, 1.54) is 0 Å². The van der Waals surface area contributed by atoms with E-state index in [1.807, 2.05) is 0 Å². The molecule has 0 nitrogen and oxygen atoms in total. The smallest absolute Gasteiger partial charge is 0.193 e. The molecule has 0 bridgehead atoms.